The third-order valence-electron chi connectivity index (χ3n) is 3.90. The monoisotopic (exact) mass is 366 g/mol. The molecule has 0 radical (unpaired) electrons. The van der Waals surface area contributed by atoms with Gasteiger partial charge >= 0.3 is 0 Å². The molecule has 1 fully saturated rings. The third kappa shape index (κ3) is 3.74. The number of amides is 1. The van der Waals surface area contributed by atoms with Crippen molar-refractivity contribution >= 4 is 45.4 Å². The number of rotatable bonds is 3. The fourth-order valence-corrected chi connectivity index (χ4v) is 4.07. The highest BCUT2D eigenvalue weighted by Crippen LogP contribution is 2.31. The van der Waals surface area contributed by atoms with Gasteiger partial charge < -0.3 is 10.6 Å². The van der Waals surface area contributed by atoms with Gasteiger partial charge in [0.15, 0.2) is 14.6 Å². The Morgan fingerprint density at radius 3 is 2.45 bits per heavy atom. The molecule has 2 rings (SSSR count). The van der Waals surface area contributed by atoms with Crippen LogP contribution in [0.1, 0.15) is 18.4 Å². The Balaban J connectivity index is 0.00000242. The summed E-state index contributed by atoms with van der Waals surface area (Å²) in [7, 11) is -3.52. The average Bonchev–Trinajstić information content (AvgIpc) is 2.42. The van der Waals surface area contributed by atoms with E-state index in [1.807, 2.05) is 13.0 Å². The smallest absolute Gasteiger partial charge is 0.245 e. The summed E-state index contributed by atoms with van der Waals surface area (Å²) < 4.78 is 23.0. The van der Waals surface area contributed by atoms with Crippen LogP contribution in [0.4, 0.5) is 5.69 Å². The molecule has 1 aromatic carbocycles. The van der Waals surface area contributed by atoms with Crippen molar-refractivity contribution in [1.82, 2.24) is 5.32 Å². The zero-order chi connectivity index (χ0) is 15.7. The summed E-state index contributed by atoms with van der Waals surface area (Å²) in [4.78, 5) is 12.6. The van der Waals surface area contributed by atoms with Crippen LogP contribution in [0.25, 0.3) is 0 Å². The normalized spacial score (nSPS) is 17.4. The number of benzene rings is 1. The van der Waals surface area contributed by atoms with Gasteiger partial charge in [0.1, 0.15) is 0 Å². The summed E-state index contributed by atoms with van der Waals surface area (Å²) >= 11 is 6.06. The van der Waals surface area contributed by atoms with Gasteiger partial charge in [0.2, 0.25) is 5.91 Å². The Morgan fingerprint density at radius 2 is 1.91 bits per heavy atom. The minimum absolute atomic E-state index is 0. The first-order valence-electron chi connectivity index (χ1n) is 6.74. The number of halogens is 2. The second kappa shape index (κ2) is 7.17. The number of carbonyl (C=O) groups excluding carboxylic acids is 1. The van der Waals surface area contributed by atoms with Crippen LogP contribution >= 0.6 is 24.0 Å². The molecule has 22 heavy (non-hydrogen) atoms. The molecule has 1 heterocycles. The van der Waals surface area contributed by atoms with Gasteiger partial charge in [0.25, 0.3) is 0 Å². The lowest BCUT2D eigenvalue weighted by molar-refractivity contribution is -0.119. The highest BCUT2D eigenvalue weighted by Gasteiger charge is 2.48. The van der Waals surface area contributed by atoms with Gasteiger partial charge in [0, 0.05) is 6.26 Å². The largest absolute Gasteiger partial charge is 0.323 e. The standard InChI is InChI=1S/C14H19ClN2O3S.ClH/c1-10-3-4-11(15)12(9-10)17-13(18)14(21(2,19)20)5-7-16-8-6-14;/h3-4,9,16H,5-8H2,1-2H3,(H,17,18);1H. The van der Waals surface area contributed by atoms with Gasteiger partial charge in [-0.1, -0.05) is 17.7 Å². The summed E-state index contributed by atoms with van der Waals surface area (Å²) in [5.41, 5.74) is 1.39. The number of anilines is 1. The number of carbonyl (C=O) groups is 1. The summed E-state index contributed by atoms with van der Waals surface area (Å²) in [6.07, 6.45) is 1.65. The van der Waals surface area contributed by atoms with E-state index in [1.54, 1.807) is 12.1 Å². The molecule has 0 aromatic heterocycles. The van der Waals surface area contributed by atoms with E-state index >= 15 is 0 Å². The van der Waals surface area contributed by atoms with Gasteiger partial charge in [0.05, 0.1) is 10.7 Å². The van der Waals surface area contributed by atoms with E-state index in [-0.39, 0.29) is 25.2 Å². The minimum Gasteiger partial charge on any atom is -0.323 e. The number of hydrogen-bond acceptors (Lipinski definition) is 4. The maximum atomic E-state index is 12.6. The fraction of sp³-hybridized carbons (Fsp3) is 0.500. The number of sulfone groups is 1. The molecule has 2 N–H and O–H groups in total. The van der Waals surface area contributed by atoms with Crippen LogP contribution in [0.5, 0.6) is 0 Å². The maximum absolute atomic E-state index is 12.6. The zero-order valence-corrected chi connectivity index (χ0v) is 14.9. The van der Waals surface area contributed by atoms with E-state index < -0.39 is 20.5 Å². The number of nitrogens with one attached hydrogen (secondary N) is 2. The van der Waals surface area contributed by atoms with Crippen LogP contribution in [-0.4, -0.2) is 38.4 Å². The summed E-state index contributed by atoms with van der Waals surface area (Å²) in [5.74, 6) is -0.501. The predicted molar refractivity (Wildman–Crippen MR) is 91.7 cm³/mol. The molecule has 0 saturated carbocycles. The van der Waals surface area contributed by atoms with E-state index in [0.29, 0.717) is 23.8 Å². The summed E-state index contributed by atoms with van der Waals surface area (Å²) in [6.45, 7) is 2.88. The van der Waals surface area contributed by atoms with Gasteiger partial charge in [-0.3, -0.25) is 4.79 Å². The van der Waals surface area contributed by atoms with E-state index in [1.165, 1.54) is 0 Å². The minimum atomic E-state index is -3.52. The molecule has 0 atom stereocenters. The zero-order valence-electron chi connectivity index (χ0n) is 12.5. The van der Waals surface area contributed by atoms with Crippen molar-refractivity contribution in [3.8, 4) is 0 Å². The van der Waals surface area contributed by atoms with Gasteiger partial charge in [-0.25, -0.2) is 8.42 Å². The first-order valence-corrected chi connectivity index (χ1v) is 9.01. The quantitative estimate of drug-likeness (QED) is 0.859. The Labute approximate surface area is 142 Å². The van der Waals surface area contributed by atoms with Crippen molar-refractivity contribution in [2.24, 2.45) is 0 Å². The molecule has 1 aliphatic heterocycles. The molecule has 0 aliphatic carbocycles. The number of piperidine rings is 1. The molecule has 0 bridgehead atoms. The van der Waals surface area contributed by atoms with Crippen LogP contribution in [0.3, 0.4) is 0 Å². The highest BCUT2D eigenvalue weighted by molar-refractivity contribution is 7.92. The molecule has 1 saturated heterocycles. The Morgan fingerprint density at radius 1 is 1.32 bits per heavy atom. The predicted octanol–water partition coefficient (Wildman–Crippen LogP) is 2.18. The first-order chi connectivity index (χ1) is 9.76. The second-order valence-corrected chi connectivity index (χ2v) is 8.19. The van der Waals surface area contributed by atoms with Gasteiger partial charge in [-0.15, -0.1) is 12.4 Å². The lowest BCUT2D eigenvalue weighted by Gasteiger charge is -2.34. The molecule has 1 amide bonds. The van der Waals surface area contributed by atoms with Gasteiger partial charge in [-0.2, -0.15) is 0 Å². The highest BCUT2D eigenvalue weighted by atomic mass is 35.5. The Kier molecular flexibility index (Phi) is 6.27. The molecule has 0 unspecified atom stereocenters. The molecule has 124 valence electrons. The molecular formula is C14H20Cl2N2O3S. The van der Waals surface area contributed by atoms with Gasteiger partial charge in [-0.05, 0) is 50.6 Å². The molecule has 0 spiro atoms. The van der Waals surface area contributed by atoms with Crippen LogP contribution in [0.2, 0.25) is 5.02 Å². The Bertz CT molecular complexity index is 656. The second-order valence-electron chi connectivity index (χ2n) is 5.45. The summed E-state index contributed by atoms with van der Waals surface area (Å²) in [6, 6.07) is 5.24. The average molecular weight is 367 g/mol. The molecule has 5 nitrogen and oxygen atoms in total. The maximum Gasteiger partial charge on any atom is 0.245 e. The molecule has 8 heteroatoms. The van der Waals surface area contributed by atoms with E-state index in [2.05, 4.69) is 10.6 Å². The van der Waals surface area contributed by atoms with Crippen molar-refractivity contribution in [1.29, 1.82) is 0 Å². The van der Waals surface area contributed by atoms with E-state index in [4.69, 9.17) is 11.6 Å². The van der Waals surface area contributed by atoms with Crippen molar-refractivity contribution in [2.45, 2.75) is 24.5 Å². The fourth-order valence-electron chi connectivity index (χ4n) is 2.57. The van der Waals surface area contributed by atoms with Crippen LogP contribution in [0, 0.1) is 6.92 Å². The lowest BCUT2D eigenvalue weighted by Crippen LogP contribution is -2.55. The lowest BCUT2D eigenvalue weighted by atomic mass is 9.95. The first kappa shape index (κ1) is 19.2. The van der Waals surface area contributed by atoms with Crippen LogP contribution < -0.4 is 10.6 Å². The summed E-state index contributed by atoms with van der Waals surface area (Å²) in [5, 5.41) is 6.17. The van der Waals surface area contributed by atoms with E-state index in [0.717, 1.165) is 11.8 Å². The van der Waals surface area contributed by atoms with Crippen LogP contribution in [0.15, 0.2) is 18.2 Å². The Hall–Kier alpha value is -0.820. The van der Waals surface area contributed by atoms with Crippen molar-refractivity contribution < 1.29 is 13.2 Å². The molecule has 1 aromatic rings. The number of hydrogen-bond donors (Lipinski definition) is 2. The van der Waals surface area contributed by atoms with E-state index in [9.17, 15) is 13.2 Å². The van der Waals surface area contributed by atoms with Crippen molar-refractivity contribution in [2.75, 3.05) is 24.7 Å². The van der Waals surface area contributed by atoms with Crippen LogP contribution in [-0.2, 0) is 14.6 Å². The van der Waals surface area contributed by atoms with Crippen molar-refractivity contribution in [3.63, 3.8) is 0 Å². The number of aryl methyl sites for hydroxylation is 1. The molecular weight excluding hydrogens is 347 g/mol. The van der Waals surface area contributed by atoms with Crippen molar-refractivity contribution in [3.05, 3.63) is 28.8 Å². The third-order valence-corrected chi connectivity index (χ3v) is 6.25. The molecule has 1 aliphatic rings. The topological polar surface area (TPSA) is 75.3 Å². The SMILES string of the molecule is Cc1ccc(Cl)c(NC(=O)C2(S(C)(=O)=O)CCNCC2)c1.Cl.